The molecule has 1 heterocycles. The van der Waals surface area contributed by atoms with Crippen LogP contribution in [0.4, 0.5) is 0 Å². The lowest BCUT2D eigenvalue weighted by atomic mass is 9.78. The van der Waals surface area contributed by atoms with Crippen molar-refractivity contribution in [3.63, 3.8) is 0 Å². The van der Waals surface area contributed by atoms with Crippen LogP contribution in [0, 0.1) is 5.92 Å². The predicted molar refractivity (Wildman–Crippen MR) is 113 cm³/mol. The highest BCUT2D eigenvalue weighted by Gasteiger charge is 2.53. The maximum Gasteiger partial charge on any atom is 0.451 e. The first-order valence-electron chi connectivity index (χ1n) is 9.98. The second-order valence-electron chi connectivity index (χ2n) is 7.62. The lowest BCUT2D eigenvalue weighted by Gasteiger charge is -2.33. The van der Waals surface area contributed by atoms with E-state index in [4.69, 9.17) is 21.5 Å². The largest absolute Gasteiger partial charge is 0.480 e. The summed E-state index contributed by atoms with van der Waals surface area (Å²) in [7, 11) is -5.55. The number of carboxylic acids is 1. The van der Waals surface area contributed by atoms with E-state index >= 15 is 0 Å². The summed E-state index contributed by atoms with van der Waals surface area (Å²) >= 11 is 0. The Morgan fingerprint density at radius 2 is 2.00 bits per heavy atom. The van der Waals surface area contributed by atoms with Crippen molar-refractivity contribution in [1.29, 1.82) is 0 Å². The fraction of sp³-hybridized carbons (Fsp3) is 0.611. The number of carboxylic acid groups (broad SMARTS) is 1. The molecule has 0 radical (unpaired) electrons. The van der Waals surface area contributed by atoms with Crippen LogP contribution in [0.1, 0.15) is 31.4 Å². The summed E-state index contributed by atoms with van der Waals surface area (Å²) in [5.41, 5.74) is 11.0. The zero-order valence-corrected chi connectivity index (χ0v) is 17.9. The van der Waals surface area contributed by atoms with E-state index in [1.807, 2.05) is 6.07 Å². The van der Waals surface area contributed by atoms with E-state index < -0.39 is 40.8 Å². The van der Waals surface area contributed by atoms with Crippen molar-refractivity contribution in [3.8, 4) is 0 Å². The van der Waals surface area contributed by atoms with Crippen molar-refractivity contribution >= 4 is 23.3 Å². The van der Waals surface area contributed by atoms with Crippen LogP contribution in [0.25, 0.3) is 0 Å². The van der Waals surface area contributed by atoms with Crippen molar-refractivity contribution < 1.29 is 28.4 Å². The number of carbonyl (C=O) groups is 1. The van der Waals surface area contributed by atoms with E-state index in [0.717, 1.165) is 9.87 Å². The molecule has 0 unspecified atom stereocenters. The molecule has 3 atom stereocenters. The Balaban J connectivity index is 2.29. The first kappa shape index (κ1) is 24.7. The fourth-order valence-corrected chi connectivity index (χ4v) is 5.89. The van der Waals surface area contributed by atoms with E-state index in [-0.39, 0.29) is 38.9 Å². The molecule has 1 aliphatic heterocycles. The first-order chi connectivity index (χ1) is 14.1. The SMILES string of the molecule is CCN([C@@H](CN)c1ccccc1)S(=O)(=O)N1C[C@H](CCCB(O)O)[C@](N)(C(=O)O)C1. The monoisotopic (exact) mass is 442 g/mol. The maximum absolute atomic E-state index is 13.4. The number of aliphatic carboxylic acids is 1. The van der Waals surface area contributed by atoms with Gasteiger partial charge in [0.1, 0.15) is 5.54 Å². The van der Waals surface area contributed by atoms with Gasteiger partial charge in [-0.25, -0.2) is 0 Å². The Labute approximate surface area is 177 Å². The highest BCUT2D eigenvalue weighted by atomic mass is 32.2. The van der Waals surface area contributed by atoms with Crippen LogP contribution in [-0.4, -0.2) is 77.0 Å². The Bertz CT molecular complexity index is 812. The van der Waals surface area contributed by atoms with Gasteiger partial charge in [-0.05, 0) is 18.3 Å². The Hall–Kier alpha value is -1.54. The van der Waals surface area contributed by atoms with Crippen molar-refractivity contribution in [2.24, 2.45) is 17.4 Å². The molecule has 0 saturated carbocycles. The molecule has 12 heteroatoms. The number of rotatable bonds is 11. The minimum atomic E-state index is -4.04. The van der Waals surface area contributed by atoms with Gasteiger partial charge >= 0.3 is 13.1 Å². The Kier molecular flexibility index (Phi) is 8.39. The smallest absolute Gasteiger partial charge is 0.451 e. The number of nitrogens with zero attached hydrogens (tertiary/aromatic N) is 2. The van der Waals surface area contributed by atoms with Gasteiger partial charge in [0.2, 0.25) is 0 Å². The summed E-state index contributed by atoms with van der Waals surface area (Å²) in [6.07, 6.45) is 0.635. The molecule has 0 aliphatic carbocycles. The summed E-state index contributed by atoms with van der Waals surface area (Å²) in [4.78, 5) is 11.9. The standard InChI is InChI=1S/C18H31BN4O6S/c1-2-23(16(11-20)14-7-4-3-5-8-14)30(28,29)22-12-15(9-6-10-19(26)27)18(21,13-22)17(24)25/h3-5,7-8,15-16,26-27H,2,6,9-13,20-21H2,1H3,(H,24,25)/t15-,16-,18-/m0/s1. The summed E-state index contributed by atoms with van der Waals surface area (Å²) < 4.78 is 29.3. The lowest BCUT2D eigenvalue weighted by molar-refractivity contribution is -0.144. The zero-order chi connectivity index (χ0) is 22.5. The van der Waals surface area contributed by atoms with Gasteiger partial charge in [-0.3, -0.25) is 4.79 Å². The second kappa shape index (κ2) is 10.2. The predicted octanol–water partition coefficient (Wildman–Crippen LogP) is -0.780. The summed E-state index contributed by atoms with van der Waals surface area (Å²) in [6.45, 7) is 1.50. The van der Waals surface area contributed by atoms with E-state index in [9.17, 15) is 18.3 Å². The van der Waals surface area contributed by atoms with Crippen molar-refractivity contribution in [2.45, 2.75) is 37.7 Å². The van der Waals surface area contributed by atoms with E-state index in [0.29, 0.717) is 6.42 Å². The molecule has 0 spiro atoms. The fourth-order valence-electron chi connectivity index (χ4n) is 4.00. The van der Waals surface area contributed by atoms with Gasteiger partial charge in [0.05, 0.1) is 6.04 Å². The molecule has 30 heavy (non-hydrogen) atoms. The van der Waals surface area contributed by atoms with Crippen LogP contribution in [0.15, 0.2) is 30.3 Å². The topological polar surface area (TPSA) is 170 Å². The second-order valence-corrected chi connectivity index (χ2v) is 9.50. The molecule has 168 valence electrons. The molecule has 0 aromatic heterocycles. The molecular weight excluding hydrogens is 411 g/mol. The lowest BCUT2D eigenvalue weighted by Crippen LogP contribution is -2.55. The molecule has 2 rings (SSSR count). The zero-order valence-electron chi connectivity index (χ0n) is 17.1. The third-order valence-corrected chi connectivity index (χ3v) is 7.73. The van der Waals surface area contributed by atoms with Gasteiger partial charge in [-0.15, -0.1) is 0 Å². The van der Waals surface area contributed by atoms with E-state index in [2.05, 4.69) is 0 Å². The minimum absolute atomic E-state index is 0.0588. The van der Waals surface area contributed by atoms with Crippen LogP contribution in [0.2, 0.25) is 6.32 Å². The van der Waals surface area contributed by atoms with Gasteiger partial charge in [-0.2, -0.15) is 17.0 Å². The van der Waals surface area contributed by atoms with Gasteiger partial charge < -0.3 is 26.6 Å². The molecule has 1 aromatic rings. The molecule has 0 bridgehead atoms. The summed E-state index contributed by atoms with van der Waals surface area (Å²) in [5, 5.41) is 27.7. The van der Waals surface area contributed by atoms with Crippen molar-refractivity contribution in [1.82, 2.24) is 8.61 Å². The molecule has 1 fully saturated rings. The number of likely N-dealkylation sites (N-methyl/N-ethyl adjacent to an activating group) is 1. The minimum Gasteiger partial charge on any atom is -0.480 e. The summed E-state index contributed by atoms with van der Waals surface area (Å²) in [6, 6.07) is 8.43. The highest BCUT2D eigenvalue weighted by molar-refractivity contribution is 7.86. The van der Waals surface area contributed by atoms with Crippen molar-refractivity contribution in [3.05, 3.63) is 35.9 Å². The molecule has 1 aromatic carbocycles. The Morgan fingerprint density at radius 3 is 2.50 bits per heavy atom. The first-order valence-corrected chi connectivity index (χ1v) is 11.4. The van der Waals surface area contributed by atoms with Crippen LogP contribution in [0.3, 0.4) is 0 Å². The van der Waals surface area contributed by atoms with Crippen LogP contribution < -0.4 is 11.5 Å². The van der Waals surface area contributed by atoms with Gasteiger partial charge in [-0.1, -0.05) is 43.7 Å². The molecule has 10 nitrogen and oxygen atoms in total. The average Bonchev–Trinajstić information content (AvgIpc) is 3.05. The maximum atomic E-state index is 13.4. The Morgan fingerprint density at radius 1 is 1.37 bits per heavy atom. The number of benzene rings is 1. The van der Waals surface area contributed by atoms with Crippen molar-refractivity contribution in [2.75, 3.05) is 26.2 Å². The quantitative estimate of drug-likeness (QED) is 0.278. The highest BCUT2D eigenvalue weighted by Crippen LogP contribution is 2.35. The number of hydrogen-bond donors (Lipinski definition) is 5. The third-order valence-electron chi connectivity index (χ3n) is 5.69. The van der Waals surface area contributed by atoms with Gasteiger partial charge in [0.15, 0.2) is 0 Å². The molecule has 1 aliphatic rings. The van der Waals surface area contributed by atoms with Gasteiger partial charge in [0, 0.05) is 32.1 Å². The molecule has 7 N–H and O–H groups in total. The molecule has 0 amide bonds. The third kappa shape index (κ3) is 5.20. The number of nitrogens with two attached hydrogens (primary N) is 2. The number of hydrogen-bond acceptors (Lipinski definition) is 7. The van der Waals surface area contributed by atoms with E-state index in [1.165, 1.54) is 4.31 Å². The summed E-state index contributed by atoms with van der Waals surface area (Å²) in [5.74, 6) is -1.94. The molecule has 1 saturated heterocycles. The average molecular weight is 442 g/mol. The van der Waals surface area contributed by atoms with E-state index in [1.54, 1.807) is 31.2 Å². The van der Waals surface area contributed by atoms with Crippen LogP contribution in [-0.2, 0) is 15.0 Å². The van der Waals surface area contributed by atoms with Crippen LogP contribution in [0.5, 0.6) is 0 Å². The molecular formula is C18H31BN4O6S. The van der Waals surface area contributed by atoms with Crippen LogP contribution >= 0.6 is 0 Å². The van der Waals surface area contributed by atoms with Gasteiger partial charge in [0.25, 0.3) is 10.2 Å². The normalized spacial score (nSPS) is 23.6.